The van der Waals surface area contributed by atoms with E-state index in [0.717, 1.165) is 30.8 Å². The molecule has 1 aromatic carbocycles. The van der Waals surface area contributed by atoms with Crippen LogP contribution in [-0.4, -0.2) is 19.2 Å². The summed E-state index contributed by atoms with van der Waals surface area (Å²) >= 11 is 0. The quantitative estimate of drug-likeness (QED) is 0.330. The third kappa shape index (κ3) is 4.59. The third-order valence-corrected chi connectivity index (χ3v) is 1.99. The molecule has 0 aliphatic heterocycles. The summed E-state index contributed by atoms with van der Waals surface area (Å²) < 4.78 is 5.51. The first-order valence-electron chi connectivity index (χ1n) is 5.32. The molecule has 0 heterocycles. The lowest BCUT2D eigenvalue weighted by Gasteiger charge is -2.04. The van der Waals surface area contributed by atoms with Gasteiger partial charge < -0.3 is 4.74 Å². The molecule has 0 aliphatic carbocycles. The maximum Gasteiger partial charge on any atom is 0.227 e. The molecule has 0 radical (unpaired) electrons. The van der Waals surface area contributed by atoms with Crippen molar-refractivity contribution in [3.63, 3.8) is 0 Å². The van der Waals surface area contributed by atoms with Gasteiger partial charge >= 0.3 is 0 Å². The van der Waals surface area contributed by atoms with Crippen LogP contribution < -0.4 is 10.2 Å². The van der Waals surface area contributed by atoms with E-state index in [1.165, 1.54) is 0 Å². The van der Waals surface area contributed by atoms with E-state index in [0.29, 0.717) is 6.41 Å². The van der Waals surface area contributed by atoms with Crippen molar-refractivity contribution in [2.45, 2.75) is 19.8 Å². The van der Waals surface area contributed by atoms with Gasteiger partial charge in [-0.25, -0.2) is 5.43 Å². The first-order valence-corrected chi connectivity index (χ1v) is 5.32. The largest absolute Gasteiger partial charge is 0.494 e. The van der Waals surface area contributed by atoms with E-state index in [-0.39, 0.29) is 0 Å². The van der Waals surface area contributed by atoms with E-state index >= 15 is 0 Å². The topological polar surface area (TPSA) is 50.7 Å². The van der Waals surface area contributed by atoms with Crippen LogP contribution in [0.2, 0.25) is 0 Å². The summed E-state index contributed by atoms with van der Waals surface area (Å²) in [7, 11) is 0. The van der Waals surface area contributed by atoms with Crippen LogP contribution in [0.4, 0.5) is 0 Å². The Hall–Kier alpha value is -1.84. The van der Waals surface area contributed by atoms with Crippen molar-refractivity contribution >= 4 is 12.6 Å². The Morgan fingerprint density at radius 2 is 2.12 bits per heavy atom. The van der Waals surface area contributed by atoms with Crippen LogP contribution in [0.15, 0.2) is 29.4 Å². The summed E-state index contributed by atoms with van der Waals surface area (Å²) in [5, 5.41) is 3.68. The van der Waals surface area contributed by atoms with E-state index in [4.69, 9.17) is 4.74 Å². The van der Waals surface area contributed by atoms with Crippen molar-refractivity contribution < 1.29 is 9.53 Å². The molecule has 16 heavy (non-hydrogen) atoms. The van der Waals surface area contributed by atoms with Crippen LogP contribution in [0.25, 0.3) is 0 Å². The zero-order valence-electron chi connectivity index (χ0n) is 9.35. The number of unbranched alkanes of at least 4 members (excludes halogenated alkanes) is 1. The highest BCUT2D eigenvalue weighted by molar-refractivity contribution is 5.80. The lowest BCUT2D eigenvalue weighted by atomic mass is 10.2. The van der Waals surface area contributed by atoms with Gasteiger partial charge in [-0.2, -0.15) is 5.10 Å². The van der Waals surface area contributed by atoms with Crippen LogP contribution in [-0.2, 0) is 4.79 Å². The van der Waals surface area contributed by atoms with Crippen LogP contribution in [0.5, 0.6) is 5.75 Å². The summed E-state index contributed by atoms with van der Waals surface area (Å²) in [4.78, 5) is 9.95. The number of nitrogens with one attached hydrogen (secondary N) is 1. The summed E-state index contributed by atoms with van der Waals surface area (Å²) in [5.74, 6) is 0.856. The number of amides is 1. The van der Waals surface area contributed by atoms with Gasteiger partial charge in [0, 0.05) is 0 Å². The first kappa shape index (κ1) is 12.2. The van der Waals surface area contributed by atoms with Gasteiger partial charge in [-0.1, -0.05) is 13.3 Å². The molecule has 0 saturated heterocycles. The number of hydrogen-bond acceptors (Lipinski definition) is 3. The second-order valence-corrected chi connectivity index (χ2v) is 3.28. The predicted molar refractivity (Wildman–Crippen MR) is 63.6 cm³/mol. The third-order valence-electron chi connectivity index (χ3n) is 1.99. The zero-order valence-corrected chi connectivity index (χ0v) is 9.35. The molecule has 0 aromatic heterocycles. The Morgan fingerprint density at radius 1 is 1.38 bits per heavy atom. The minimum atomic E-state index is 0.527. The Bertz CT molecular complexity index is 333. The van der Waals surface area contributed by atoms with Crippen molar-refractivity contribution in [2.24, 2.45) is 5.10 Å². The Balaban J connectivity index is 2.44. The number of hydrazone groups is 1. The minimum Gasteiger partial charge on any atom is -0.494 e. The molecule has 0 saturated carbocycles. The molecule has 0 aliphatic rings. The number of ether oxygens (including phenoxy) is 1. The van der Waals surface area contributed by atoms with Crippen molar-refractivity contribution in [2.75, 3.05) is 6.61 Å². The zero-order chi connectivity index (χ0) is 11.6. The summed E-state index contributed by atoms with van der Waals surface area (Å²) in [6.07, 6.45) is 4.29. The highest BCUT2D eigenvalue weighted by atomic mass is 16.5. The molecule has 0 fully saturated rings. The van der Waals surface area contributed by atoms with E-state index in [2.05, 4.69) is 17.5 Å². The molecule has 4 heteroatoms. The lowest BCUT2D eigenvalue weighted by molar-refractivity contribution is -0.109. The lowest BCUT2D eigenvalue weighted by Crippen LogP contribution is -2.00. The number of nitrogens with zero attached hydrogens (tertiary/aromatic N) is 1. The Kier molecular flexibility index (Phi) is 5.70. The molecule has 0 atom stereocenters. The van der Waals surface area contributed by atoms with Crippen LogP contribution in [0, 0.1) is 0 Å². The molecular formula is C12H16N2O2. The number of carbonyl (C=O) groups excluding carboxylic acids is 1. The molecule has 0 unspecified atom stereocenters. The van der Waals surface area contributed by atoms with Gasteiger partial charge in [0.25, 0.3) is 0 Å². The molecule has 0 bridgehead atoms. The normalized spacial score (nSPS) is 10.3. The average molecular weight is 220 g/mol. The SMILES string of the molecule is CCCCOc1ccc(/C=N\NC=O)cc1. The molecule has 4 nitrogen and oxygen atoms in total. The van der Waals surface area contributed by atoms with E-state index in [9.17, 15) is 4.79 Å². The highest BCUT2D eigenvalue weighted by Gasteiger charge is 1.93. The van der Waals surface area contributed by atoms with Crippen LogP contribution in [0.3, 0.4) is 0 Å². The predicted octanol–water partition coefficient (Wildman–Crippen LogP) is 1.95. The standard InChI is InChI=1S/C12H16N2O2/c1-2-3-8-16-12-6-4-11(5-7-12)9-13-14-10-15/h4-7,9-10H,2-3,8H2,1H3,(H,14,15)/b13-9-. The van der Waals surface area contributed by atoms with Gasteiger partial charge in [0.05, 0.1) is 12.8 Å². The van der Waals surface area contributed by atoms with Gasteiger partial charge in [-0.05, 0) is 36.2 Å². The second kappa shape index (κ2) is 7.45. The van der Waals surface area contributed by atoms with E-state index < -0.39 is 0 Å². The van der Waals surface area contributed by atoms with Crippen LogP contribution >= 0.6 is 0 Å². The van der Waals surface area contributed by atoms with E-state index in [1.54, 1.807) is 6.21 Å². The fraction of sp³-hybridized carbons (Fsp3) is 0.333. The summed E-state index contributed by atoms with van der Waals surface area (Å²) in [6.45, 7) is 2.87. The monoisotopic (exact) mass is 220 g/mol. The number of hydrogen-bond donors (Lipinski definition) is 1. The van der Waals surface area contributed by atoms with Gasteiger partial charge in [0.1, 0.15) is 5.75 Å². The Morgan fingerprint density at radius 3 is 2.75 bits per heavy atom. The molecular weight excluding hydrogens is 204 g/mol. The van der Waals surface area contributed by atoms with Crippen LogP contribution in [0.1, 0.15) is 25.3 Å². The fourth-order valence-electron chi connectivity index (χ4n) is 1.13. The molecule has 1 N–H and O–H groups in total. The Labute approximate surface area is 95.3 Å². The molecule has 1 aromatic rings. The van der Waals surface area contributed by atoms with Crippen molar-refractivity contribution in [3.8, 4) is 5.75 Å². The maximum absolute atomic E-state index is 9.95. The molecule has 1 rings (SSSR count). The van der Waals surface area contributed by atoms with Crippen molar-refractivity contribution in [3.05, 3.63) is 29.8 Å². The average Bonchev–Trinajstić information content (AvgIpc) is 2.32. The fourth-order valence-corrected chi connectivity index (χ4v) is 1.13. The number of benzene rings is 1. The number of carbonyl (C=O) groups is 1. The first-order chi connectivity index (χ1) is 7.86. The van der Waals surface area contributed by atoms with Gasteiger partial charge in [0.15, 0.2) is 0 Å². The molecule has 0 spiro atoms. The highest BCUT2D eigenvalue weighted by Crippen LogP contribution is 2.11. The van der Waals surface area contributed by atoms with Crippen molar-refractivity contribution in [1.29, 1.82) is 0 Å². The van der Waals surface area contributed by atoms with Crippen molar-refractivity contribution in [1.82, 2.24) is 5.43 Å². The second-order valence-electron chi connectivity index (χ2n) is 3.28. The van der Waals surface area contributed by atoms with Gasteiger partial charge in [-0.15, -0.1) is 0 Å². The van der Waals surface area contributed by atoms with Gasteiger partial charge in [0.2, 0.25) is 6.41 Å². The maximum atomic E-state index is 9.95. The van der Waals surface area contributed by atoms with Gasteiger partial charge in [-0.3, -0.25) is 4.79 Å². The molecule has 86 valence electrons. The minimum absolute atomic E-state index is 0.527. The summed E-state index contributed by atoms with van der Waals surface area (Å²) in [6, 6.07) is 7.55. The summed E-state index contributed by atoms with van der Waals surface area (Å²) in [5.41, 5.74) is 3.12. The number of rotatable bonds is 7. The van der Waals surface area contributed by atoms with E-state index in [1.807, 2.05) is 24.3 Å². The molecule has 1 amide bonds. The smallest absolute Gasteiger partial charge is 0.227 e.